The second kappa shape index (κ2) is 4.41. The van der Waals surface area contributed by atoms with E-state index < -0.39 is 21.8 Å². The van der Waals surface area contributed by atoms with E-state index in [0.717, 1.165) is 6.26 Å². The van der Waals surface area contributed by atoms with Gasteiger partial charge in [-0.25, -0.2) is 8.42 Å². The minimum Gasteiger partial charge on any atom is -0.459 e. The number of nitrogens with one attached hydrogen (secondary N) is 1. The minimum absolute atomic E-state index is 0.379. The smallest absolute Gasteiger partial charge is 0.243 e. The molecule has 1 N–H and O–H groups in total. The van der Waals surface area contributed by atoms with Crippen molar-refractivity contribution in [2.75, 3.05) is 6.26 Å². The maximum Gasteiger partial charge on any atom is 0.243 e. The highest BCUT2D eigenvalue weighted by atomic mass is 32.2. The fourth-order valence-electron chi connectivity index (χ4n) is 1.50. The van der Waals surface area contributed by atoms with Crippen molar-refractivity contribution in [2.24, 2.45) is 0 Å². The molecule has 1 unspecified atom stereocenters. The predicted octanol–water partition coefficient (Wildman–Crippen LogP) is 1.01. The van der Waals surface area contributed by atoms with E-state index in [4.69, 9.17) is 4.42 Å². The van der Waals surface area contributed by atoms with E-state index in [2.05, 4.69) is 4.98 Å². The van der Waals surface area contributed by atoms with Crippen molar-refractivity contribution < 1.29 is 17.6 Å². The number of carbonyl (C=O) groups excluding carboxylic acids is 1. The summed E-state index contributed by atoms with van der Waals surface area (Å²) >= 11 is 0. The highest BCUT2D eigenvalue weighted by Crippen LogP contribution is 2.23. The monoisotopic (exact) mass is 268 g/mol. The Balaban J connectivity index is 2.28. The summed E-state index contributed by atoms with van der Waals surface area (Å²) in [6.07, 6.45) is 2.54. The van der Waals surface area contributed by atoms with Gasteiger partial charge < -0.3 is 4.42 Å². The highest BCUT2D eigenvalue weighted by Gasteiger charge is 2.22. The van der Waals surface area contributed by atoms with Gasteiger partial charge in [-0.3, -0.25) is 14.5 Å². The van der Waals surface area contributed by atoms with Gasteiger partial charge in [-0.05, 0) is 19.1 Å². The van der Waals surface area contributed by atoms with Crippen molar-refractivity contribution in [1.29, 1.82) is 0 Å². The molecule has 0 saturated heterocycles. The Bertz CT molecular complexity index is 657. The quantitative estimate of drug-likeness (QED) is 0.897. The normalized spacial score (nSPS) is 13.4. The molecule has 2 aromatic heterocycles. The topological polar surface area (TPSA) is 89.3 Å². The van der Waals surface area contributed by atoms with Crippen molar-refractivity contribution in [3.63, 3.8) is 0 Å². The zero-order valence-electron chi connectivity index (χ0n) is 9.88. The third-order valence-electron chi connectivity index (χ3n) is 2.41. The lowest BCUT2D eigenvalue weighted by molar-refractivity contribution is -0.120. The number of sulfonamides is 1. The average Bonchev–Trinajstić information content (AvgIpc) is 2.68. The Morgan fingerprint density at radius 3 is 2.83 bits per heavy atom. The van der Waals surface area contributed by atoms with Crippen LogP contribution >= 0.6 is 0 Å². The van der Waals surface area contributed by atoms with Crippen molar-refractivity contribution >= 4 is 27.0 Å². The number of pyridine rings is 1. The second-order valence-electron chi connectivity index (χ2n) is 4.00. The van der Waals surface area contributed by atoms with Gasteiger partial charge in [0, 0.05) is 12.3 Å². The molecular formula is C11H12N2O4S. The first kappa shape index (κ1) is 12.6. The van der Waals surface area contributed by atoms with Crippen molar-refractivity contribution in [3.8, 4) is 0 Å². The Labute approximate surface area is 104 Å². The molecule has 0 spiro atoms. The number of nitrogens with zero attached hydrogens (tertiary/aromatic N) is 1. The number of carbonyl (C=O) groups is 1. The molecule has 0 aliphatic rings. The summed E-state index contributed by atoms with van der Waals surface area (Å²) in [7, 11) is -3.56. The maximum absolute atomic E-state index is 11.7. The molecule has 2 rings (SSSR count). The Morgan fingerprint density at radius 1 is 1.50 bits per heavy atom. The molecular weight excluding hydrogens is 256 g/mol. The van der Waals surface area contributed by atoms with Gasteiger partial charge in [0.2, 0.25) is 15.9 Å². The van der Waals surface area contributed by atoms with Gasteiger partial charge >= 0.3 is 0 Å². The summed E-state index contributed by atoms with van der Waals surface area (Å²) in [5.74, 6) is -0.949. The lowest BCUT2D eigenvalue weighted by Crippen LogP contribution is -2.32. The summed E-state index contributed by atoms with van der Waals surface area (Å²) in [4.78, 5) is 15.7. The van der Waals surface area contributed by atoms with Gasteiger partial charge in [-0.2, -0.15) is 0 Å². The van der Waals surface area contributed by atoms with Crippen LogP contribution in [0.2, 0.25) is 0 Å². The largest absolute Gasteiger partial charge is 0.459 e. The molecule has 1 atom stereocenters. The molecule has 0 radical (unpaired) electrons. The summed E-state index contributed by atoms with van der Waals surface area (Å²) in [5.41, 5.74) is 1.19. The molecule has 2 aromatic rings. The predicted molar refractivity (Wildman–Crippen MR) is 65.4 cm³/mol. The molecule has 7 heteroatoms. The number of furan rings is 1. The first-order valence-corrected chi connectivity index (χ1v) is 7.12. The Kier molecular flexibility index (Phi) is 3.08. The zero-order valence-corrected chi connectivity index (χ0v) is 10.7. The molecule has 0 aromatic carbocycles. The van der Waals surface area contributed by atoms with Crippen LogP contribution in [0.25, 0.3) is 11.1 Å². The van der Waals surface area contributed by atoms with Crippen LogP contribution < -0.4 is 4.72 Å². The van der Waals surface area contributed by atoms with Gasteiger partial charge in [-0.1, -0.05) is 0 Å². The molecule has 18 heavy (non-hydrogen) atoms. The number of amides is 1. The van der Waals surface area contributed by atoms with Crippen LogP contribution in [-0.4, -0.2) is 25.6 Å². The van der Waals surface area contributed by atoms with E-state index >= 15 is 0 Å². The molecule has 0 bridgehead atoms. The first-order chi connectivity index (χ1) is 8.37. The number of hydrogen-bond donors (Lipinski definition) is 1. The maximum atomic E-state index is 11.7. The van der Waals surface area contributed by atoms with E-state index in [0.29, 0.717) is 16.9 Å². The van der Waals surface area contributed by atoms with Gasteiger partial charge in [0.15, 0.2) is 5.58 Å². The third kappa shape index (κ3) is 2.67. The van der Waals surface area contributed by atoms with E-state index in [1.807, 2.05) is 4.72 Å². The molecule has 0 aliphatic heterocycles. The number of fused-ring (bicyclic) bond motifs is 1. The van der Waals surface area contributed by atoms with E-state index in [1.54, 1.807) is 31.3 Å². The standard InChI is InChI=1S/C11H12N2O4S/c1-7(11(14)13-18(2,15)16)10-6-8-9(17-10)4-3-5-12-8/h3-7H,1-2H3,(H,13,14). The molecule has 0 aliphatic carbocycles. The van der Waals surface area contributed by atoms with Crippen LogP contribution in [0.15, 0.2) is 28.8 Å². The highest BCUT2D eigenvalue weighted by molar-refractivity contribution is 7.89. The lowest BCUT2D eigenvalue weighted by atomic mass is 10.1. The van der Waals surface area contributed by atoms with Crippen LogP contribution in [0.5, 0.6) is 0 Å². The van der Waals surface area contributed by atoms with Crippen molar-refractivity contribution in [2.45, 2.75) is 12.8 Å². The zero-order chi connectivity index (χ0) is 13.3. The fourth-order valence-corrected chi connectivity index (χ4v) is 2.04. The summed E-state index contributed by atoms with van der Waals surface area (Å²) in [5, 5.41) is 0. The number of hydrogen-bond acceptors (Lipinski definition) is 5. The fraction of sp³-hybridized carbons (Fsp3) is 0.273. The van der Waals surface area contributed by atoms with Crippen molar-refractivity contribution in [1.82, 2.24) is 9.71 Å². The van der Waals surface area contributed by atoms with Gasteiger partial charge in [0.25, 0.3) is 0 Å². The summed E-state index contributed by atoms with van der Waals surface area (Å²) < 4.78 is 29.3. The number of aromatic nitrogens is 1. The average molecular weight is 268 g/mol. The van der Waals surface area contributed by atoms with Gasteiger partial charge in [0.05, 0.1) is 12.2 Å². The molecule has 2 heterocycles. The summed E-state index contributed by atoms with van der Waals surface area (Å²) in [6, 6.07) is 5.08. The van der Waals surface area contributed by atoms with Gasteiger partial charge in [0.1, 0.15) is 11.3 Å². The van der Waals surface area contributed by atoms with Crippen LogP contribution in [0, 0.1) is 0 Å². The van der Waals surface area contributed by atoms with Crippen LogP contribution in [0.4, 0.5) is 0 Å². The Morgan fingerprint density at radius 2 is 2.22 bits per heavy atom. The second-order valence-corrected chi connectivity index (χ2v) is 5.74. The Hall–Kier alpha value is -1.89. The molecule has 0 fully saturated rings. The van der Waals surface area contributed by atoms with Crippen LogP contribution in [0.1, 0.15) is 18.6 Å². The molecule has 96 valence electrons. The minimum atomic E-state index is -3.56. The van der Waals surface area contributed by atoms with E-state index in [-0.39, 0.29) is 0 Å². The first-order valence-electron chi connectivity index (χ1n) is 5.23. The molecule has 6 nitrogen and oxygen atoms in total. The van der Waals surface area contributed by atoms with E-state index in [1.165, 1.54) is 0 Å². The van der Waals surface area contributed by atoms with E-state index in [9.17, 15) is 13.2 Å². The lowest BCUT2D eigenvalue weighted by Gasteiger charge is -2.07. The number of rotatable bonds is 3. The van der Waals surface area contributed by atoms with Crippen molar-refractivity contribution in [3.05, 3.63) is 30.2 Å². The SMILES string of the molecule is CC(C(=O)NS(C)(=O)=O)c1cc2ncccc2o1. The summed E-state index contributed by atoms with van der Waals surface area (Å²) in [6.45, 7) is 1.57. The van der Waals surface area contributed by atoms with Crippen LogP contribution in [-0.2, 0) is 14.8 Å². The third-order valence-corrected chi connectivity index (χ3v) is 2.98. The molecule has 0 saturated carbocycles. The van der Waals surface area contributed by atoms with Crippen LogP contribution in [0.3, 0.4) is 0 Å². The van der Waals surface area contributed by atoms with Gasteiger partial charge in [-0.15, -0.1) is 0 Å². The molecule has 1 amide bonds.